The Morgan fingerprint density at radius 1 is 1.42 bits per heavy atom. The minimum atomic E-state index is -0.370. The molecule has 0 aliphatic heterocycles. The maximum absolute atomic E-state index is 10.4. The van der Waals surface area contributed by atoms with E-state index in [9.17, 15) is 15.0 Å². The van der Waals surface area contributed by atoms with Crippen LogP contribution in [0.4, 0.5) is 0 Å². The summed E-state index contributed by atoms with van der Waals surface area (Å²) in [5, 5.41) is 18.5. The molecule has 0 atom stereocenters. The average Bonchev–Trinajstić information content (AvgIpc) is 2.08. The lowest BCUT2D eigenvalue weighted by molar-refractivity contribution is 0.112. The lowest BCUT2D eigenvalue weighted by Crippen LogP contribution is -1.86. The number of aromatic hydroxyl groups is 2. The van der Waals surface area contributed by atoms with Gasteiger partial charge >= 0.3 is 0 Å². The number of carbonyl (C=O) groups excluding carboxylic acids is 1. The molecule has 12 heavy (non-hydrogen) atoms. The number of halogens is 1. The molecule has 4 heteroatoms. The van der Waals surface area contributed by atoms with E-state index in [0.717, 1.165) is 0 Å². The van der Waals surface area contributed by atoms with E-state index in [-0.39, 0.29) is 17.1 Å². The first kappa shape index (κ1) is 9.06. The number of phenols is 2. The summed E-state index contributed by atoms with van der Waals surface area (Å²) >= 11 is 3.14. The Kier molecular flexibility index (Phi) is 2.38. The second-order valence-corrected chi connectivity index (χ2v) is 3.24. The van der Waals surface area contributed by atoms with Gasteiger partial charge in [-0.3, -0.25) is 4.79 Å². The summed E-state index contributed by atoms with van der Waals surface area (Å²) < 4.78 is 0.597. The van der Waals surface area contributed by atoms with Gasteiger partial charge in [0.1, 0.15) is 0 Å². The van der Waals surface area contributed by atoms with E-state index in [1.165, 1.54) is 6.07 Å². The van der Waals surface area contributed by atoms with Crippen LogP contribution in [0.3, 0.4) is 0 Å². The zero-order valence-corrected chi connectivity index (χ0v) is 7.92. The highest BCUT2D eigenvalue weighted by Crippen LogP contribution is 2.36. The summed E-state index contributed by atoms with van der Waals surface area (Å²) in [5.74, 6) is -0.628. The van der Waals surface area contributed by atoms with Crippen LogP contribution in [0.1, 0.15) is 15.9 Å². The molecule has 0 amide bonds. The zero-order chi connectivity index (χ0) is 9.30. The summed E-state index contributed by atoms with van der Waals surface area (Å²) in [7, 11) is 0. The fraction of sp³-hybridized carbons (Fsp3) is 0.125. The summed E-state index contributed by atoms with van der Waals surface area (Å²) in [6, 6.07) is 1.46. The van der Waals surface area contributed by atoms with E-state index in [1.807, 2.05) is 0 Å². The highest BCUT2D eigenvalue weighted by atomic mass is 79.9. The predicted molar refractivity (Wildman–Crippen MR) is 47.6 cm³/mol. The van der Waals surface area contributed by atoms with Gasteiger partial charge < -0.3 is 10.2 Å². The highest BCUT2D eigenvalue weighted by molar-refractivity contribution is 9.10. The molecule has 0 radical (unpaired) electrons. The van der Waals surface area contributed by atoms with Crippen molar-refractivity contribution in [2.75, 3.05) is 0 Å². The standard InChI is InChI=1S/C8H7BrO3/c1-4-6(9)2-5(3-10)8(12)7(4)11/h2-3,11-12H,1H3. The van der Waals surface area contributed by atoms with Crippen LogP contribution in [0.5, 0.6) is 11.5 Å². The number of hydrogen-bond donors (Lipinski definition) is 2. The SMILES string of the molecule is Cc1c(Br)cc(C=O)c(O)c1O. The molecule has 0 saturated heterocycles. The Bertz CT molecular complexity index is 334. The molecule has 0 bridgehead atoms. The molecule has 1 aromatic rings. The molecule has 0 aliphatic carbocycles. The van der Waals surface area contributed by atoms with Crippen molar-refractivity contribution < 1.29 is 15.0 Å². The lowest BCUT2D eigenvalue weighted by Gasteiger charge is -2.05. The molecule has 0 fully saturated rings. The molecule has 0 aliphatic rings. The van der Waals surface area contributed by atoms with Crippen molar-refractivity contribution in [1.82, 2.24) is 0 Å². The molecule has 0 unspecified atom stereocenters. The number of aldehydes is 1. The minimum absolute atomic E-state index is 0.0741. The molecule has 64 valence electrons. The molecule has 0 saturated carbocycles. The molecule has 2 N–H and O–H groups in total. The molecule has 0 heterocycles. The van der Waals surface area contributed by atoms with Crippen LogP contribution in [0.25, 0.3) is 0 Å². The molecular weight excluding hydrogens is 224 g/mol. The smallest absolute Gasteiger partial charge is 0.168 e. The number of benzene rings is 1. The van der Waals surface area contributed by atoms with Gasteiger partial charge in [0.15, 0.2) is 17.8 Å². The third-order valence-electron chi connectivity index (χ3n) is 1.62. The van der Waals surface area contributed by atoms with E-state index in [0.29, 0.717) is 16.3 Å². The van der Waals surface area contributed by atoms with Gasteiger partial charge in [-0.1, -0.05) is 15.9 Å². The topological polar surface area (TPSA) is 57.5 Å². The van der Waals surface area contributed by atoms with E-state index >= 15 is 0 Å². The van der Waals surface area contributed by atoms with Crippen molar-refractivity contribution >= 4 is 22.2 Å². The fourth-order valence-corrected chi connectivity index (χ4v) is 1.26. The van der Waals surface area contributed by atoms with E-state index in [2.05, 4.69) is 15.9 Å². The Morgan fingerprint density at radius 3 is 2.50 bits per heavy atom. The van der Waals surface area contributed by atoms with E-state index in [1.54, 1.807) is 6.92 Å². The van der Waals surface area contributed by atoms with Crippen LogP contribution in [0, 0.1) is 6.92 Å². The fourth-order valence-electron chi connectivity index (χ4n) is 0.830. The second kappa shape index (κ2) is 3.15. The number of phenolic OH excluding ortho intramolecular Hbond substituents is 2. The lowest BCUT2D eigenvalue weighted by atomic mass is 10.1. The summed E-state index contributed by atoms with van der Waals surface area (Å²) in [4.78, 5) is 10.4. The van der Waals surface area contributed by atoms with E-state index < -0.39 is 0 Å². The summed E-state index contributed by atoms with van der Waals surface area (Å²) in [6.45, 7) is 1.63. The van der Waals surface area contributed by atoms with Crippen molar-refractivity contribution in [3.05, 3.63) is 21.7 Å². The van der Waals surface area contributed by atoms with Crippen molar-refractivity contribution in [1.29, 1.82) is 0 Å². The first-order valence-electron chi connectivity index (χ1n) is 3.24. The van der Waals surface area contributed by atoms with Gasteiger partial charge in [0.2, 0.25) is 0 Å². The van der Waals surface area contributed by atoms with Gasteiger partial charge in [0.25, 0.3) is 0 Å². The quantitative estimate of drug-likeness (QED) is 0.573. The second-order valence-electron chi connectivity index (χ2n) is 2.39. The number of carbonyl (C=O) groups is 1. The number of rotatable bonds is 1. The van der Waals surface area contributed by atoms with Gasteiger partial charge in [0, 0.05) is 10.0 Å². The average molecular weight is 231 g/mol. The Labute approximate surface area is 77.8 Å². The predicted octanol–water partition coefficient (Wildman–Crippen LogP) is 1.98. The van der Waals surface area contributed by atoms with Gasteiger partial charge in [0.05, 0.1) is 5.56 Å². The van der Waals surface area contributed by atoms with Crippen molar-refractivity contribution in [2.45, 2.75) is 6.92 Å². The first-order valence-corrected chi connectivity index (χ1v) is 4.03. The van der Waals surface area contributed by atoms with Gasteiger partial charge in [-0.25, -0.2) is 0 Å². The van der Waals surface area contributed by atoms with Crippen LogP contribution in [-0.2, 0) is 0 Å². The van der Waals surface area contributed by atoms with Gasteiger partial charge in [-0.2, -0.15) is 0 Å². The Morgan fingerprint density at radius 2 is 2.00 bits per heavy atom. The van der Waals surface area contributed by atoms with Crippen LogP contribution >= 0.6 is 15.9 Å². The molecule has 0 aromatic heterocycles. The molecule has 0 spiro atoms. The first-order chi connectivity index (χ1) is 5.57. The van der Waals surface area contributed by atoms with Crippen molar-refractivity contribution in [2.24, 2.45) is 0 Å². The third kappa shape index (κ3) is 1.30. The van der Waals surface area contributed by atoms with Crippen LogP contribution in [-0.4, -0.2) is 16.5 Å². The Balaban J connectivity index is 3.49. The van der Waals surface area contributed by atoms with Gasteiger partial charge in [-0.15, -0.1) is 0 Å². The summed E-state index contributed by atoms with van der Waals surface area (Å²) in [5.41, 5.74) is 0.586. The molecular formula is C8H7BrO3. The maximum Gasteiger partial charge on any atom is 0.168 e. The normalized spacial score (nSPS) is 9.83. The van der Waals surface area contributed by atoms with Crippen LogP contribution in [0.2, 0.25) is 0 Å². The third-order valence-corrected chi connectivity index (χ3v) is 2.44. The monoisotopic (exact) mass is 230 g/mol. The Hall–Kier alpha value is -1.03. The summed E-state index contributed by atoms with van der Waals surface area (Å²) in [6.07, 6.45) is 0.485. The largest absolute Gasteiger partial charge is 0.504 e. The van der Waals surface area contributed by atoms with Crippen molar-refractivity contribution in [3.63, 3.8) is 0 Å². The minimum Gasteiger partial charge on any atom is -0.504 e. The highest BCUT2D eigenvalue weighted by Gasteiger charge is 2.11. The van der Waals surface area contributed by atoms with Crippen molar-refractivity contribution in [3.8, 4) is 11.5 Å². The van der Waals surface area contributed by atoms with E-state index in [4.69, 9.17) is 0 Å². The van der Waals surface area contributed by atoms with Gasteiger partial charge in [-0.05, 0) is 13.0 Å². The van der Waals surface area contributed by atoms with Crippen LogP contribution in [0.15, 0.2) is 10.5 Å². The zero-order valence-electron chi connectivity index (χ0n) is 6.34. The van der Waals surface area contributed by atoms with Crippen LogP contribution < -0.4 is 0 Å². The molecule has 1 rings (SSSR count). The molecule has 3 nitrogen and oxygen atoms in total. The maximum atomic E-state index is 10.4. The number of hydrogen-bond acceptors (Lipinski definition) is 3. The molecule has 1 aromatic carbocycles.